The number of benzene rings is 1. The lowest BCUT2D eigenvalue weighted by Gasteiger charge is -2.22. The number of aromatic nitrogens is 1. The molecule has 0 aliphatic rings. The van der Waals surface area contributed by atoms with Crippen LogP contribution in [0.15, 0.2) is 41.5 Å². The minimum atomic E-state index is -0.192. The minimum absolute atomic E-state index is 0.192. The molecule has 0 bridgehead atoms. The summed E-state index contributed by atoms with van der Waals surface area (Å²) in [4.78, 5) is 6.23. The van der Waals surface area contributed by atoms with Crippen molar-refractivity contribution in [1.82, 2.24) is 9.88 Å². The molecule has 0 saturated heterocycles. The van der Waals surface area contributed by atoms with Gasteiger partial charge in [0.25, 0.3) is 0 Å². The molecule has 0 spiro atoms. The van der Waals surface area contributed by atoms with Crippen molar-refractivity contribution < 1.29 is 9.13 Å². The largest absolute Gasteiger partial charge is 0.481 e. The van der Waals surface area contributed by atoms with Gasteiger partial charge in [0.05, 0.1) is 13.0 Å². The average molecular weight is 411 g/mol. The van der Waals surface area contributed by atoms with Crippen molar-refractivity contribution >= 4 is 28.4 Å². The van der Waals surface area contributed by atoms with Crippen LogP contribution in [0, 0.1) is 5.82 Å². The fourth-order valence-electron chi connectivity index (χ4n) is 2.49. The molecule has 0 fully saturated rings. The molecule has 0 aliphatic heterocycles. The van der Waals surface area contributed by atoms with Gasteiger partial charge in [0.15, 0.2) is 0 Å². The third-order valence-corrected chi connectivity index (χ3v) is 5.21. The lowest BCUT2D eigenvalue weighted by Crippen LogP contribution is -2.25. The van der Waals surface area contributed by atoms with Gasteiger partial charge in [-0.05, 0) is 25.1 Å². The Labute approximate surface area is 168 Å². The van der Waals surface area contributed by atoms with E-state index in [1.165, 1.54) is 24.9 Å². The highest BCUT2D eigenvalue weighted by Gasteiger charge is 2.14. The minimum Gasteiger partial charge on any atom is -0.481 e. The molecule has 0 saturated carbocycles. The topological polar surface area (TPSA) is 63.7 Å². The van der Waals surface area contributed by atoms with Gasteiger partial charge in [-0.3, -0.25) is 4.90 Å². The van der Waals surface area contributed by atoms with Crippen molar-refractivity contribution in [1.29, 1.82) is 0 Å². The number of ether oxygens (including phenoxy) is 1. The van der Waals surface area contributed by atoms with Crippen LogP contribution in [0.25, 0.3) is 0 Å². The van der Waals surface area contributed by atoms with E-state index in [-0.39, 0.29) is 5.82 Å². The summed E-state index contributed by atoms with van der Waals surface area (Å²) >= 11 is 7.51. The summed E-state index contributed by atoms with van der Waals surface area (Å²) in [6.07, 6.45) is 2.09. The summed E-state index contributed by atoms with van der Waals surface area (Å²) in [5, 5.41) is 4.81. The smallest absolute Gasteiger partial charge is 0.215 e. The number of halogens is 2. The molecule has 0 radical (unpaired) electrons. The van der Waals surface area contributed by atoms with Gasteiger partial charge in [-0.1, -0.05) is 54.9 Å². The predicted octanol–water partition coefficient (Wildman–Crippen LogP) is 4.50. The lowest BCUT2D eigenvalue weighted by molar-refractivity contribution is 0.303. The number of methoxy groups -OCH3 is 1. The average Bonchev–Trinajstić information content (AvgIpc) is 2.67. The number of thioether (sulfide) groups is 1. The Morgan fingerprint density at radius 1 is 1.37 bits per heavy atom. The Kier molecular flexibility index (Phi) is 8.84. The van der Waals surface area contributed by atoms with E-state index in [9.17, 15) is 4.39 Å². The van der Waals surface area contributed by atoms with Gasteiger partial charge in [-0.15, -0.1) is 0 Å². The second-order valence-corrected chi connectivity index (χ2v) is 7.25. The predicted molar refractivity (Wildman–Crippen MR) is 111 cm³/mol. The highest BCUT2D eigenvalue weighted by molar-refractivity contribution is 8.14. The first-order chi connectivity index (χ1) is 13.1. The number of pyridine rings is 1. The number of hydrogen-bond donors (Lipinski definition) is 1. The maximum Gasteiger partial charge on any atom is 0.215 e. The molecule has 1 aromatic heterocycles. The Balaban J connectivity index is 2.10. The fraction of sp³-hybridized carbons (Fsp3) is 0.368. The Bertz CT molecular complexity index is 775. The van der Waals surface area contributed by atoms with Crippen LogP contribution in [-0.4, -0.2) is 34.5 Å². The number of unbranched alkanes of at least 4 members (excludes halogenated alkanes) is 1. The van der Waals surface area contributed by atoms with Crippen molar-refractivity contribution in [2.45, 2.75) is 26.3 Å². The quantitative estimate of drug-likeness (QED) is 0.165. The highest BCUT2D eigenvalue weighted by atomic mass is 35.5. The van der Waals surface area contributed by atoms with Crippen molar-refractivity contribution in [2.24, 2.45) is 10.9 Å². The summed E-state index contributed by atoms with van der Waals surface area (Å²) in [5.41, 5.74) is 1.41. The highest BCUT2D eigenvalue weighted by Crippen LogP contribution is 2.22. The van der Waals surface area contributed by atoms with Gasteiger partial charge in [0.1, 0.15) is 16.0 Å². The first kappa shape index (κ1) is 21.5. The summed E-state index contributed by atoms with van der Waals surface area (Å²) in [7, 11) is 1.52. The van der Waals surface area contributed by atoms with Crippen molar-refractivity contribution in [3.8, 4) is 5.88 Å². The van der Waals surface area contributed by atoms with Crippen LogP contribution in [-0.2, 0) is 6.54 Å². The van der Waals surface area contributed by atoms with E-state index in [1.807, 2.05) is 12.1 Å². The van der Waals surface area contributed by atoms with E-state index in [4.69, 9.17) is 22.2 Å². The Morgan fingerprint density at radius 2 is 2.15 bits per heavy atom. The fourth-order valence-corrected chi connectivity index (χ4v) is 3.57. The first-order valence-electron chi connectivity index (χ1n) is 8.65. The van der Waals surface area contributed by atoms with E-state index in [2.05, 4.69) is 21.9 Å². The molecule has 8 heteroatoms. The standard InChI is InChI=1S/C19H24ClFN4OS/c1-3-4-9-25(12-14-7-5-6-8-16(14)21)13-27-19(24-22)15-10-17(20)23-18(11-15)26-2/h5-8,10-11H,3-4,9,12-13,22H2,1-2H3. The van der Waals surface area contributed by atoms with Crippen LogP contribution in [0.5, 0.6) is 5.88 Å². The molecule has 1 aromatic carbocycles. The number of hydrazone groups is 1. The number of nitrogens with two attached hydrogens (primary N) is 1. The van der Waals surface area contributed by atoms with Crippen molar-refractivity contribution in [2.75, 3.05) is 19.5 Å². The molecule has 0 atom stereocenters. The van der Waals surface area contributed by atoms with Crippen LogP contribution in [0.4, 0.5) is 4.39 Å². The van der Waals surface area contributed by atoms with Crippen LogP contribution in [0.3, 0.4) is 0 Å². The van der Waals surface area contributed by atoms with Crippen LogP contribution in [0.1, 0.15) is 30.9 Å². The lowest BCUT2D eigenvalue weighted by atomic mass is 10.2. The molecule has 1 heterocycles. The number of nitrogens with zero attached hydrogens (tertiary/aromatic N) is 3. The van der Waals surface area contributed by atoms with Gasteiger partial charge in [0, 0.05) is 23.7 Å². The molecular formula is C19H24ClFN4OS. The monoisotopic (exact) mass is 410 g/mol. The molecule has 27 heavy (non-hydrogen) atoms. The zero-order chi connectivity index (χ0) is 19.6. The Hall–Kier alpha value is -1.83. The van der Waals surface area contributed by atoms with Crippen molar-refractivity contribution in [3.05, 3.63) is 58.5 Å². The summed E-state index contributed by atoms with van der Waals surface area (Å²) < 4.78 is 19.2. The molecular weight excluding hydrogens is 387 g/mol. The first-order valence-corrected chi connectivity index (χ1v) is 10.0. The normalized spacial score (nSPS) is 11.8. The van der Waals surface area contributed by atoms with Crippen LogP contribution < -0.4 is 10.6 Å². The van der Waals surface area contributed by atoms with Gasteiger partial charge in [-0.2, -0.15) is 5.10 Å². The molecule has 5 nitrogen and oxygen atoms in total. The molecule has 146 valence electrons. The summed E-state index contributed by atoms with van der Waals surface area (Å²) in [6, 6.07) is 10.3. The van der Waals surface area contributed by atoms with E-state index < -0.39 is 0 Å². The molecule has 2 aromatic rings. The molecule has 2 rings (SSSR count). The van der Waals surface area contributed by atoms with E-state index >= 15 is 0 Å². The zero-order valence-electron chi connectivity index (χ0n) is 15.5. The number of hydrogen-bond acceptors (Lipinski definition) is 6. The van der Waals surface area contributed by atoms with Crippen LogP contribution >= 0.6 is 23.4 Å². The van der Waals surface area contributed by atoms with Gasteiger partial charge < -0.3 is 10.6 Å². The van der Waals surface area contributed by atoms with Gasteiger partial charge in [-0.25, -0.2) is 9.37 Å². The Morgan fingerprint density at radius 3 is 2.81 bits per heavy atom. The zero-order valence-corrected chi connectivity index (χ0v) is 17.1. The summed E-state index contributed by atoms with van der Waals surface area (Å²) in [6.45, 7) is 3.51. The second kappa shape index (κ2) is 11.1. The maximum absolute atomic E-state index is 14.0. The van der Waals surface area contributed by atoms with E-state index in [0.717, 1.165) is 24.9 Å². The SMILES string of the molecule is CCCCN(CSC(=NN)c1cc(Cl)nc(OC)c1)Cc1ccccc1F. The molecule has 0 aliphatic carbocycles. The third-order valence-electron chi connectivity index (χ3n) is 3.91. The molecule has 0 unspecified atom stereocenters. The summed E-state index contributed by atoms with van der Waals surface area (Å²) in [5.74, 6) is 6.42. The second-order valence-electron chi connectivity index (χ2n) is 5.93. The van der Waals surface area contributed by atoms with Gasteiger partial charge in [0.2, 0.25) is 5.88 Å². The van der Waals surface area contributed by atoms with Crippen LogP contribution in [0.2, 0.25) is 5.15 Å². The van der Waals surface area contributed by atoms with E-state index in [0.29, 0.717) is 34.1 Å². The maximum atomic E-state index is 14.0. The van der Waals surface area contributed by atoms with E-state index in [1.54, 1.807) is 18.2 Å². The number of rotatable bonds is 9. The third kappa shape index (κ3) is 6.68. The van der Waals surface area contributed by atoms with Crippen molar-refractivity contribution in [3.63, 3.8) is 0 Å². The molecule has 2 N–H and O–H groups in total. The van der Waals surface area contributed by atoms with Gasteiger partial charge >= 0.3 is 0 Å². The molecule has 0 amide bonds.